The molecule has 0 saturated heterocycles. The summed E-state index contributed by atoms with van der Waals surface area (Å²) in [5.41, 5.74) is 0. The molecule has 0 bridgehead atoms. The number of hydrogen-bond donors (Lipinski definition) is 1. The fraction of sp³-hybridized carbons (Fsp3) is 0. The molecular formula is CH2FeKNOV. The van der Waals surface area contributed by atoms with Crippen molar-refractivity contribution in [3.05, 3.63) is 0 Å². The molecule has 0 heterocycles. The molecule has 1 radical (unpaired) electrons. The van der Waals surface area contributed by atoms with Crippen molar-refractivity contribution in [1.29, 1.82) is 5.26 Å². The van der Waals surface area contributed by atoms with Crippen molar-refractivity contribution < 1.29 is 40.7 Å². The van der Waals surface area contributed by atoms with Gasteiger partial charge in [0.15, 0.2) is 0 Å². The van der Waals surface area contributed by atoms with Crippen molar-refractivity contribution in [3.8, 4) is 6.26 Å². The van der Waals surface area contributed by atoms with Crippen LogP contribution in [-0.4, -0.2) is 56.5 Å². The van der Waals surface area contributed by atoms with Crippen molar-refractivity contribution in [3.63, 3.8) is 0 Å². The van der Waals surface area contributed by atoms with Crippen LogP contribution in [0.5, 0.6) is 0 Å². The molecule has 0 aliphatic carbocycles. The van der Waals surface area contributed by atoms with Crippen molar-refractivity contribution in [1.82, 2.24) is 0 Å². The Morgan fingerprint density at radius 1 is 1.50 bits per heavy atom. The maximum atomic E-state index is 6.88. The van der Waals surface area contributed by atoms with Crippen LogP contribution in [0, 0.1) is 11.5 Å². The van der Waals surface area contributed by atoms with E-state index in [1.165, 1.54) is 0 Å². The molecule has 6 heavy (non-hydrogen) atoms. The first kappa shape index (κ1) is 24.4. The zero-order valence-electron chi connectivity index (χ0n) is 2.20. The standard InChI is InChI=1S/CHNO.Fe.K.V.H/c2-1-3;;;;/h3H;;;;. The van der Waals surface area contributed by atoms with Gasteiger partial charge in [-0.2, -0.15) is 5.26 Å². The third-order valence-electron chi connectivity index (χ3n) is 0. The second-order valence-electron chi connectivity index (χ2n) is 0.100. The van der Waals surface area contributed by atoms with Gasteiger partial charge in [0, 0.05) is 35.6 Å². The van der Waals surface area contributed by atoms with Crippen molar-refractivity contribution >= 4 is 51.4 Å². The Morgan fingerprint density at radius 3 is 1.50 bits per heavy atom. The van der Waals surface area contributed by atoms with E-state index in [4.69, 9.17) is 10.4 Å². The molecule has 0 unspecified atom stereocenters. The summed E-state index contributed by atoms with van der Waals surface area (Å²) in [4.78, 5) is 0. The Balaban J connectivity index is -0.00000000667. The predicted molar refractivity (Wildman–Crippen MR) is 14.7 cm³/mol. The van der Waals surface area contributed by atoms with Crippen LogP contribution >= 0.6 is 0 Å². The van der Waals surface area contributed by atoms with E-state index in [9.17, 15) is 0 Å². The van der Waals surface area contributed by atoms with Crippen LogP contribution in [0.1, 0.15) is 0 Å². The maximum Gasteiger partial charge on any atom is 0 e. The van der Waals surface area contributed by atoms with Crippen molar-refractivity contribution in [2.45, 2.75) is 0 Å². The Hall–Kier alpha value is 2.03. The number of aliphatic hydroxyl groups is 1. The zero-order chi connectivity index (χ0) is 2.71. The van der Waals surface area contributed by atoms with E-state index in [-0.39, 0.29) is 87.0 Å². The predicted octanol–water partition coefficient (Wildman–Crippen LogP) is -0.814. The van der Waals surface area contributed by atoms with Crippen LogP contribution < -0.4 is 0 Å². The molecule has 5 heteroatoms. The van der Waals surface area contributed by atoms with Crippen LogP contribution in [0.15, 0.2) is 0 Å². The van der Waals surface area contributed by atoms with Gasteiger partial charge in [-0.3, -0.25) is 0 Å². The number of rotatable bonds is 0. The molecule has 2 nitrogen and oxygen atoms in total. The molecule has 0 aromatic heterocycles. The summed E-state index contributed by atoms with van der Waals surface area (Å²) in [5, 5.41) is 13.8. The largest absolute Gasteiger partial charge is 0 e. The average molecular weight is 190 g/mol. The fourth-order valence-corrected chi connectivity index (χ4v) is 0. The third kappa shape index (κ3) is 37.0. The van der Waals surface area contributed by atoms with Gasteiger partial charge in [0.05, 0.1) is 0 Å². The van der Waals surface area contributed by atoms with Crippen molar-refractivity contribution in [2.75, 3.05) is 0 Å². The molecule has 0 saturated carbocycles. The molecule has 0 aromatic carbocycles. The first-order valence-corrected chi connectivity index (χ1v) is 0.447. The Bertz CT molecular complexity index is 37.0. The van der Waals surface area contributed by atoms with E-state index in [0.717, 1.165) is 6.26 Å². The van der Waals surface area contributed by atoms with E-state index in [0.29, 0.717) is 0 Å². The van der Waals surface area contributed by atoms with Gasteiger partial charge in [0.1, 0.15) is 0 Å². The molecular weight excluding hydrogens is 188 g/mol. The van der Waals surface area contributed by atoms with Crippen molar-refractivity contribution in [2.24, 2.45) is 0 Å². The first-order chi connectivity index (χ1) is 1.41. The minimum Gasteiger partial charge on any atom is 0 e. The number of nitriles is 1. The molecule has 31 valence electrons. The molecule has 1 N–H and O–H groups in total. The minimum absolute atomic E-state index is 0. The van der Waals surface area contributed by atoms with Gasteiger partial charge in [-0.05, 0) is 0 Å². The smallest absolute Gasteiger partial charge is 0 e. The normalized spacial score (nSPS) is 1.17. The van der Waals surface area contributed by atoms with Gasteiger partial charge in [-0.15, -0.1) is 0 Å². The second-order valence-corrected chi connectivity index (χ2v) is 0.100. The summed E-state index contributed by atoms with van der Waals surface area (Å²) < 4.78 is 0. The quantitative estimate of drug-likeness (QED) is 0.400. The number of hydrogen-bond acceptors (Lipinski definition) is 2. The van der Waals surface area contributed by atoms with E-state index >= 15 is 0 Å². The Kier molecular flexibility index (Phi) is 113. The SMILES string of the molecule is N#CO.[Fe].[KH].[V]. The molecule has 0 fully saturated rings. The molecule has 0 aliphatic heterocycles. The van der Waals surface area contributed by atoms with Crippen LogP contribution in [0.4, 0.5) is 0 Å². The topological polar surface area (TPSA) is 44.0 Å². The van der Waals surface area contributed by atoms with Gasteiger partial charge in [0.2, 0.25) is 0 Å². The molecule has 0 spiro atoms. The summed E-state index contributed by atoms with van der Waals surface area (Å²) in [6.45, 7) is 0. The first-order valence-electron chi connectivity index (χ1n) is 0.447. The van der Waals surface area contributed by atoms with E-state index in [2.05, 4.69) is 0 Å². The van der Waals surface area contributed by atoms with E-state index < -0.39 is 0 Å². The van der Waals surface area contributed by atoms with Gasteiger partial charge in [-0.1, -0.05) is 0 Å². The molecule has 0 aliphatic rings. The van der Waals surface area contributed by atoms with Gasteiger partial charge < -0.3 is 5.11 Å². The third-order valence-corrected chi connectivity index (χ3v) is 0. The Morgan fingerprint density at radius 2 is 1.50 bits per heavy atom. The summed E-state index contributed by atoms with van der Waals surface area (Å²) in [6.07, 6.45) is 0.750. The van der Waals surface area contributed by atoms with Gasteiger partial charge in [-0.25, -0.2) is 0 Å². The zero-order valence-corrected chi connectivity index (χ0v) is 4.70. The number of nitrogens with zero attached hydrogens (tertiary/aromatic N) is 1. The molecule has 0 rings (SSSR count). The molecule has 0 amide bonds. The van der Waals surface area contributed by atoms with Crippen LogP contribution in [0.25, 0.3) is 0 Å². The monoisotopic (exact) mass is 190 g/mol. The summed E-state index contributed by atoms with van der Waals surface area (Å²) in [5.74, 6) is 0. The second kappa shape index (κ2) is 27.8. The van der Waals surface area contributed by atoms with Crippen LogP contribution in [-0.2, 0) is 35.6 Å². The summed E-state index contributed by atoms with van der Waals surface area (Å²) in [6, 6.07) is 0. The summed E-state index contributed by atoms with van der Waals surface area (Å²) in [7, 11) is 0. The van der Waals surface area contributed by atoms with E-state index in [1.54, 1.807) is 0 Å². The average Bonchev–Trinajstić information content (AvgIpc) is 0.918. The van der Waals surface area contributed by atoms with Gasteiger partial charge >= 0.3 is 51.4 Å². The molecule has 0 aromatic rings. The Labute approximate surface area is 101 Å². The minimum atomic E-state index is 0. The molecule has 0 atom stereocenters. The van der Waals surface area contributed by atoms with Gasteiger partial charge in [0.25, 0.3) is 6.26 Å². The number of aliphatic hydroxyl groups excluding tert-OH is 1. The van der Waals surface area contributed by atoms with Crippen LogP contribution in [0.3, 0.4) is 0 Å². The fourth-order valence-electron chi connectivity index (χ4n) is 0. The maximum absolute atomic E-state index is 6.88. The van der Waals surface area contributed by atoms with E-state index in [1.807, 2.05) is 0 Å². The summed E-state index contributed by atoms with van der Waals surface area (Å²) >= 11 is 0. The van der Waals surface area contributed by atoms with Crippen LogP contribution in [0.2, 0.25) is 0 Å².